The minimum Gasteiger partial charge on any atom is -0.456 e. The summed E-state index contributed by atoms with van der Waals surface area (Å²) in [5, 5.41) is 4.54. The third-order valence-electron chi connectivity index (χ3n) is 11.5. The molecule has 1 unspecified atom stereocenters. The Kier molecular flexibility index (Phi) is 6.89. The summed E-state index contributed by atoms with van der Waals surface area (Å²) in [7, 11) is 0. The Bertz CT molecular complexity index is 3300. The molecule has 0 amide bonds. The lowest BCUT2D eigenvalue weighted by Gasteiger charge is -2.31. The van der Waals surface area contributed by atoms with E-state index in [1.54, 1.807) is 0 Å². The van der Waals surface area contributed by atoms with Gasteiger partial charge in [-0.3, -0.25) is 0 Å². The van der Waals surface area contributed by atoms with Crippen molar-refractivity contribution in [1.29, 1.82) is 0 Å². The fourth-order valence-electron chi connectivity index (χ4n) is 8.88. The number of nitrogens with zero attached hydrogens (tertiary/aromatic N) is 2. The normalized spacial score (nSPS) is 13.8. The van der Waals surface area contributed by atoms with E-state index < -0.39 is 0 Å². The van der Waals surface area contributed by atoms with Crippen LogP contribution in [0.3, 0.4) is 0 Å². The fraction of sp³-hybridized carbons (Fsp3) is 0.0392. The van der Waals surface area contributed by atoms with Crippen molar-refractivity contribution >= 4 is 81.6 Å². The van der Waals surface area contributed by atoms with Crippen LogP contribution >= 0.6 is 11.3 Å². The van der Waals surface area contributed by atoms with Crippen molar-refractivity contribution in [3.05, 3.63) is 193 Å². The van der Waals surface area contributed by atoms with Gasteiger partial charge in [-0.1, -0.05) is 97.1 Å². The maximum Gasteiger partial charge on any atom is 0.227 e. The molecule has 264 valence electrons. The van der Waals surface area contributed by atoms with Gasteiger partial charge < -0.3 is 13.7 Å². The van der Waals surface area contributed by atoms with E-state index in [4.69, 9.17) is 13.8 Å². The standard InChI is InChI=1S/C51H32N2O2S/c1-2-10-31(11-3-1)42-29-33-28-35(22-24-37(33)38-12-4-5-13-39(38)42)53(36-23-27-48-43(30-36)40-14-7-9-17-47(40)56-48)34-20-18-32(19-21-34)51-52-44-25-26-46-49(50(44)55-51)41-15-6-8-16-45(41)54-46/h1-28,30,42H,29H2. The van der Waals surface area contributed by atoms with E-state index in [-0.39, 0.29) is 5.92 Å². The molecule has 0 aliphatic heterocycles. The van der Waals surface area contributed by atoms with Crippen molar-refractivity contribution in [2.75, 3.05) is 4.90 Å². The summed E-state index contributed by atoms with van der Waals surface area (Å²) >= 11 is 1.84. The molecule has 1 aliphatic rings. The molecule has 11 aromatic rings. The number of hydrogen-bond donors (Lipinski definition) is 0. The third kappa shape index (κ3) is 4.88. The summed E-state index contributed by atoms with van der Waals surface area (Å²) in [6.07, 6.45) is 0.933. The predicted molar refractivity (Wildman–Crippen MR) is 232 cm³/mol. The van der Waals surface area contributed by atoms with E-state index in [9.17, 15) is 0 Å². The number of furan rings is 1. The number of oxazole rings is 1. The zero-order valence-electron chi connectivity index (χ0n) is 30.1. The molecule has 0 N–H and O–H groups in total. The number of para-hydroxylation sites is 1. The minimum atomic E-state index is 0.286. The summed E-state index contributed by atoms with van der Waals surface area (Å²) < 4.78 is 15.3. The first-order valence-corrected chi connectivity index (χ1v) is 19.8. The monoisotopic (exact) mass is 736 g/mol. The molecule has 0 saturated heterocycles. The largest absolute Gasteiger partial charge is 0.456 e. The molecule has 5 heteroatoms. The number of thiophene rings is 1. The van der Waals surface area contributed by atoms with Crippen LogP contribution in [0.15, 0.2) is 185 Å². The first kappa shape index (κ1) is 31.4. The van der Waals surface area contributed by atoms with Crippen LogP contribution in [0.25, 0.3) is 75.8 Å². The van der Waals surface area contributed by atoms with Crippen LogP contribution in [-0.2, 0) is 6.42 Å². The predicted octanol–water partition coefficient (Wildman–Crippen LogP) is 14.6. The first-order valence-electron chi connectivity index (χ1n) is 19.0. The molecule has 0 radical (unpaired) electrons. The van der Waals surface area contributed by atoms with Gasteiger partial charge in [0.15, 0.2) is 5.58 Å². The maximum absolute atomic E-state index is 6.54. The number of aromatic nitrogens is 1. The second kappa shape index (κ2) is 12.3. The Morgan fingerprint density at radius 2 is 1.27 bits per heavy atom. The molecule has 56 heavy (non-hydrogen) atoms. The molecule has 1 atom stereocenters. The Morgan fingerprint density at radius 1 is 0.536 bits per heavy atom. The molecule has 3 heterocycles. The average molecular weight is 737 g/mol. The number of fused-ring (bicyclic) bond motifs is 11. The molecule has 0 spiro atoms. The lowest BCUT2D eigenvalue weighted by molar-refractivity contribution is 0.622. The van der Waals surface area contributed by atoms with Crippen molar-refractivity contribution in [2.45, 2.75) is 12.3 Å². The van der Waals surface area contributed by atoms with E-state index in [1.165, 1.54) is 48.0 Å². The van der Waals surface area contributed by atoms with Gasteiger partial charge >= 0.3 is 0 Å². The molecule has 1 aliphatic carbocycles. The molecule has 12 rings (SSSR count). The minimum absolute atomic E-state index is 0.286. The van der Waals surface area contributed by atoms with Crippen LogP contribution in [0.2, 0.25) is 0 Å². The van der Waals surface area contributed by atoms with Gasteiger partial charge in [0, 0.05) is 54.1 Å². The topological polar surface area (TPSA) is 42.4 Å². The van der Waals surface area contributed by atoms with Crippen LogP contribution in [0.1, 0.15) is 22.6 Å². The highest BCUT2D eigenvalue weighted by atomic mass is 32.1. The van der Waals surface area contributed by atoms with E-state index in [1.807, 2.05) is 41.7 Å². The lowest BCUT2D eigenvalue weighted by atomic mass is 9.75. The van der Waals surface area contributed by atoms with Crippen LogP contribution in [0.4, 0.5) is 17.1 Å². The van der Waals surface area contributed by atoms with Gasteiger partial charge in [-0.25, -0.2) is 4.98 Å². The molecular formula is C51H32N2O2S. The highest BCUT2D eigenvalue weighted by Gasteiger charge is 2.27. The summed E-state index contributed by atoms with van der Waals surface area (Å²) in [5.74, 6) is 0.871. The Balaban J connectivity index is 0.996. The SMILES string of the molecule is c1ccc(C2Cc3cc(N(c4ccc(-c5nc6ccc7oc8ccccc8c7c6o5)cc4)c4ccc5sc6ccccc6c5c4)ccc3-c3ccccc32)cc1. The second-order valence-electron chi connectivity index (χ2n) is 14.7. The highest BCUT2D eigenvalue weighted by Crippen LogP contribution is 2.47. The molecule has 4 nitrogen and oxygen atoms in total. The van der Waals surface area contributed by atoms with Crippen molar-refractivity contribution in [3.8, 4) is 22.6 Å². The smallest absolute Gasteiger partial charge is 0.227 e. The number of benzene rings is 8. The Morgan fingerprint density at radius 3 is 2.18 bits per heavy atom. The summed E-state index contributed by atoms with van der Waals surface area (Å²) in [5.41, 5.74) is 14.1. The summed E-state index contributed by atoms with van der Waals surface area (Å²) in [6, 6.07) is 63.1. The summed E-state index contributed by atoms with van der Waals surface area (Å²) in [6.45, 7) is 0. The van der Waals surface area contributed by atoms with Crippen molar-refractivity contribution in [1.82, 2.24) is 4.98 Å². The number of rotatable bonds is 5. The second-order valence-corrected chi connectivity index (χ2v) is 15.7. The van der Waals surface area contributed by atoms with Gasteiger partial charge in [0.25, 0.3) is 0 Å². The molecule has 0 fully saturated rings. The van der Waals surface area contributed by atoms with Crippen molar-refractivity contribution in [2.24, 2.45) is 0 Å². The van der Waals surface area contributed by atoms with Crippen molar-refractivity contribution in [3.63, 3.8) is 0 Å². The molecule has 8 aromatic carbocycles. The van der Waals surface area contributed by atoms with Crippen LogP contribution in [-0.4, -0.2) is 4.98 Å². The summed E-state index contributed by atoms with van der Waals surface area (Å²) in [4.78, 5) is 7.34. The Hall–Kier alpha value is -6.95. The first-order chi connectivity index (χ1) is 27.7. The van der Waals surface area contributed by atoms with E-state index in [2.05, 4.69) is 150 Å². The van der Waals surface area contributed by atoms with Gasteiger partial charge in [-0.2, -0.15) is 0 Å². The van der Waals surface area contributed by atoms with Gasteiger partial charge in [-0.15, -0.1) is 11.3 Å². The van der Waals surface area contributed by atoms with Gasteiger partial charge in [0.2, 0.25) is 5.89 Å². The van der Waals surface area contributed by atoms with Gasteiger partial charge in [-0.05, 0) is 113 Å². The fourth-order valence-corrected chi connectivity index (χ4v) is 9.97. The molecular weight excluding hydrogens is 705 g/mol. The molecule has 3 aromatic heterocycles. The maximum atomic E-state index is 6.54. The van der Waals surface area contributed by atoms with Crippen LogP contribution in [0.5, 0.6) is 0 Å². The number of anilines is 3. The van der Waals surface area contributed by atoms with Crippen molar-refractivity contribution < 1.29 is 8.83 Å². The zero-order chi connectivity index (χ0) is 36.7. The highest BCUT2D eigenvalue weighted by molar-refractivity contribution is 7.25. The third-order valence-corrected chi connectivity index (χ3v) is 12.6. The molecule has 0 bridgehead atoms. The van der Waals surface area contributed by atoms with Gasteiger partial charge in [0.05, 0.1) is 5.39 Å². The quantitative estimate of drug-likeness (QED) is 0.176. The Labute approximate surface area is 326 Å². The van der Waals surface area contributed by atoms with E-state index in [0.29, 0.717) is 5.89 Å². The van der Waals surface area contributed by atoms with Crippen LogP contribution in [0, 0.1) is 0 Å². The molecule has 0 saturated carbocycles. The average Bonchev–Trinajstić information content (AvgIpc) is 3.97. The van der Waals surface area contributed by atoms with Crippen LogP contribution < -0.4 is 4.90 Å². The van der Waals surface area contributed by atoms with E-state index in [0.717, 1.165) is 62.1 Å². The van der Waals surface area contributed by atoms with Gasteiger partial charge in [0.1, 0.15) is 16.7 Å². The number of hydrogen-bond acceptors (Lipinski definition) is 5. The van der Waals surface area contributed by atoms with E-state index >= 15 is 0 Å². The zero-order valence-corrected chi connectivity index (χ0v) is 31.0. The lowest BCUT2D eigenvalue weighted by Crippen LogP contribution is -2.15.